The van der Waals surface area contributed by atoms with E-state index >= 15 is 0 Å². The lowest BCUT2D eigenvalue weighted by molar-refractivity contribution is -0.118. The summed E-state index contributed by atoms with van der Waals surface area (Å²) in [6.07, 6.45) is 0.608. The van der Waals surface area contributed by atoms with Crippen molar-refractivity contribution in [3.8, 4) is 0 Å². The van der Waals surface area contributed by atoms with Crippen LogP contribution in [-0.2, 0) is 21.2 Å². The van der Waals surface area contributed by atoms with Crippen molar-refractivity contribution in [2.45, 2.75) is 32.1 Å². The summed E-state index contributed by atoms with van der Waals surface area (Å²) in [4.78, 5) is 26.4. The fourth-order valence-corrected chi connectivity index (χ4v) is 5.90. The van der Waals surface area contributed by atoms with Gasteiger partial charge in [0.05, 0.1) is 17.3 Å². The zero-order valence-electron chi connectivity index (χ0n) is 12.6. The number of aromatic nitrogens is 1. The highest BCUT2D eigenvalue weighted by Gasteiger charge is 2.28. The Labute approximate surface area is 134 Å². The summed E-state index contributed by atoms with van der Waals surface area (Å²) in [6.45, 7) is 3.83. The molecule has 2 N–H and O–H groups in total. The predicted molar refractivity (Wildman–Crippen MR) is 87.9 cm³/mol. The number of hydrogen-bond acceptors (Lipinski definition) is 5. The molecule has 0 radical (unpaired) electrons. The molecule has 0 bridgehead atoms. The third-order valence-corrected chi connectivity index (χ3v) is 6.88. The molecule has 2 heterocycles. The highest BCUT2D eigenvalue weighted by Crippen LogP contribution is 2.23. The van der Waals surface area contributed by atoms with Crippen molar-refractivity contribution in [3.63, 3.8) is 0 Å². The summed E-state index contributed by atoms with van der Waals surface area (Å²) in [6, 6.07) is 1.86. The van der Waals surface area contributed by atoms with E-state index in [1.807, 2.05) is 19.9 Å². The van der Waals surface area contributed by atoms with Gasteiger partial charge in [0.25, 0.3) is 5.56 Å². The fraction of sp³-hybridized carbons (Fsp3) is 0.571. The third kappa shape index (κ3) is 4.61. The molecule has 0 aromatic carbocycles. The van der Waals surface area contributed by atoms with Gasteiger partial charge in [-0.15, -0.1) is 11.8 Å². The topological polar surface area (TPSA) is 96.1 Å². The maximum Gasteiger partial charge on any atom is 0.253 e. The monoisotopic (exact) mass is 344 g/mol. The van der Waals surface area contributed by atoms with E-state index in [0.717, 1.165) is 11.3 Å². The molecule has 8 heteroatoms. The van der Waals surface area contributed by atoms with E-state index in [9.17, 15) is 18.0 Å². The molecule has 22 heavy (non-hydrogen) atoms. The standard InChI is InChI=1S/C14H20N2O4S2/c1-9-5-10(2)16-14(18)12(9)6-15-13(17)7-21-11-3-4-22(19,20)8-11/h5,11H,3-4,6-8H2,1-2H3,(H,15,17)(H,16,18)/t11-/m1/s1. The lowest BCUT2D eigenvalue weighted by Gasteiger charge is -2.10. The van der Waals surface area contributed by atoms with Gasteiger partial charge in [0.15, 0.2) is 9.84 Å². The van der Waals surface area contributed by atoms with Gasteiger partial charge < -0.3 is 10.3 Å². The van der Waals surface area contributed by atoms with Gasteiger partial charge in [-0.25, -0.2) is 8.42 Å². The van der Waals surface area contributed by atoms with Crippen LogP contribution in [0.25, 0.3) is 0 Å². The zero-order chi connectivity index (χ0) is 16.3. The summed E-state index contributed by atoms with van der Waals surface area (Å²) >= 11 is 1.36. The number of rotatable bonds is 5. The second kappa shape index (κ2) is 6.87. The van der Waals surface area contributed by atoms with Crippen LogP contribution in [-0.4, -0.2) is 41.8 Å². The van der Waals surface area contributed by atoms with Gasteiger partial charge in [-0.05, 0) is 31.9 Å². The Bertz CT molecular complexity index is 725. The Kier molecular flexibility index (Phi) is 5.33. The maximum atomic E-state index is 11.8. The van der Waals surface area contributed by atoms with Crippen molar-refractivity contribution >= 4 is 27.5 Å². The highest BCUT2D eigenvalue weighted by atomic mass is 32.2. The first-order valence-corrected chi connectivity index (χ1v) is 9.92. The number of carbonyl (C=O) groups is 1. The molecule has 1 aromatic rings. The first-order valence-electron chi connectivity index (χ1n) is 7.05. The summed E-state index contributed by atoms with van der Waals surface area (Å²) in [5.41, 5.74) is 1.99. The number of H-pyrrole nitrogens is 1. The molecule has 122 valence electrons. The molecule has 1 saturated heterocycles. The number of hydrogen-bond donors (Lipinski definition) is 2. The van der Waals surface area contributed by atoms with Crippen molar-refractivity contribution in [2.75, 3.05) is 17.3 Å². The number of thioether (sulfide) groups is 1. The Hall–Kier alpha value is -1.28. The molecule has 6 nitrogen and oxygen atoms in total. The number of pyridine rings is 1. The molecule has 0 saturated carbocycles. The van der Waals surface area contributed by atoms with Crippen LogP contribution >= 0.6 is 11.8 Å². The van der Waals surface area contributed by atoms with Crippen LogP contribution in [0.2, 0.25) is 0 Å². The lowest BCUT2D eigenvalue weighted by atomic mass is 10.1. The van der Waals surface area contributed by atoms with Crippen LogP contribution in [0.4, 0.5) is 0 Å². The molecule has 1 aromatic heterocycles. The molecular weight excluding hydrogens is 324 g/mol. The van der Waals surface area contributed by atoms with Gasteiger partial charge >= 0.3 is 0 Å². The van der Waals surface area contributed by atoms with Gasteiger partial charge in [0.1, 0.15) is 0 Å². The average molecular weight is 344 g/mol. The molecule has 1 atom stereocenters. The number of sulfone groups is 1. The van der Waals surface area contributed by atoms with E-state index in [1.54, 1.807) is 0 Å². The SMILES string of the molecule is Cc1cc(C)c(CNC(=O)CS[C@@H]2CCS(=O)(=O)C2)c(=O)[nH]1. The van der Waals surface area contributed by atoms with Crippen molar-refractivity contribution < 1.29 is 13.2 Å². The average Bonchev–Trinajstić information content (AvgIpc) is 2.74. The van der Waals surface area contributed by atoms with Gasteiger partial charge in [-0.1, -0.05) is 0 Å². The van der Waals surface area contributed by atoms with Gasteiger partial charge in [0.2, 0.25) is 5.91 Å². The van der Waals surface area contributed by atoms with Crippen molar-refractivity contribution in [3.05, 3.63) is 33.2 Å². The Morgan fingerprint density at radius 2 is 2.18 bits per heavy atom. The summed E-state index contributed by atoms with van der Waals surface area (Å²) in [5.74, 6) is 0.392. The lowest BCUT2D eigenvalue weighted by Crippen LogP contribution is -2.29. The van der Waals surface area contributed by atoms with Gasteiger partial charge in [0, 0.05) is 23.1 Å². The second-order valence-electron chi connectivity index (χ2n) is 5.56. The van der Waals surface area contributed by atoms with Crippen LogP contribution in [0.3, 0.4) is 0 Å². The molecule has 1 aliphatic heterocycles. The minimum Gasteiger partial charge on any atom is -0.351 e. The molecule has 0 spiro atoms. The maximum absolute atomic E-state index is 11.8. The van der Waals surface area contributed by atoms with E-state index in [0.29, 0.717) is 12.0 Å². The molecule has 1 aliphatic rings. The number of aryl methyl sites for hydroxylation is 2. The summed E-state index contributed by atoms with van der Waals surface area (Å²) in [7, 11) is -2.91. The minimum absolute atomic E-state index is 0.000244. The van der Waals surface area contributed by atoms with Crippen molar-refractivity contribution in [2.24, 2.45) is 0 Å². The van der Waals surface area contributed by atoms with Crippen molar-refractivity contribution in [1.29, 1.82) is 0 Å². The van der Waals surface area contributed by atoms with Crippen LogP contribution < -0.4 is 10.9 Å². The summed E-state index contributed by atoms with van der Waals surface area (Å²) in [5, 5.41) is 2.72. The fourth-order valence-electron chi connectivity index (χ4n) is 2.43. The van der Waals surface area contributed by atoms with Crippen LogP contribution in [0.1, 0.15) is 23.2 Å². The van der Waals surface area contributed by atoms with Crippen molar-refractivity contribution in [1.82, 2.24) is 10.3 Å². The molecule has 1 amide bonds. The Balaban J connectivity index is 1.83. The zero-order valence-corrected chi connectivity index (χ0v) is 14.3. The summed E-state index contributed by atoms with van der Waals surface area (Å²) < 4.78 is 22.7. The molecule has 0 unspecified atom stereocenters. The highest BCUT2D eigenvalue weighted by molar-refractivity contribution is 8.02. The smallest absolute Gasteiger partial charge is 0.253 e. The number of aromatic amines is 1. The van der Waals surface area contributed by atoms with Gasteiger partial charge in [-0.3, -0.25) is 9.59 Å². The van der Waals surface area contributed by atoms with Crippen LogP contribution in [0.5, 0.6) is 0 Å². The number of amides is 1. The van der Waals surface area contributed by atoms with E-state index in [4.69, 9.17) is 0 Å². The number of nitrogens with one attached hydrogen (secondary N) is 2. The van der Waals surface area contributed by atoms with E-state index in [-0.39, 0.29) is 40.5 Å². The minimum atomic E-state index is -2.91. The third-order valence-electron chi connectivity index (χ3n) is 3.60. The molecular formula is C14H20N2O4S2. The number of carbonyl (C=O) groups excluding carboxylic acids is 1. The Morgan fingerprint density at radius 1 is 1.45 bits per heavy atom. The first-order chi connectivity index (χ1) is 10.3. The van der Waals surface area contributed by atoms with Gasteiger partial charge in [-0.2, -0.15) is 0 Å². The normalized spacial score (nSPS) is 20.0. The van der Waals surface area contributed by atoms with Crippen LogP contribution in [0.15, 0.2) is 10.9 Å². The molecule has 1 fully saturated rings. The Morgan fingerprint density at radius 3 is 2.77 bits per heavy atom. The molecule has 2 rings (SSSR count). The first kappa shape index (κ1) is 17.1. The van der Waals surface area contributed by atoms with E-state index in [2.05, 4.69) is 10.3 Å². The van der Waals surface area contributed by atoms with E-state index in [1.165, 1.54) is 11.8 Å². The predicted octanol–water partition coefficient (Wildman–Crippen LogP) is 0.528. The van der Waals surface area contributed by atoms with E-state index < -0.39 is 9.84 Å². The van der Waals surface area contributed by atoms with Crippen LogP contribution in [0, 0.1) is 13.8 Å². The quantitative estimate of drug-likeness (QED) is 0.812. The largest absolute Gasteiger partial charge is 0.351 e. The second-order valence-corrected chi connectivity index (χ2v) is 9.07. The molecule has 0 aliphatic carbocycles.